The summed E-state index contributed by atoms with van der Waals surface area (Å²) in [6, 6.07) is 14.0. The van der Waals surface area contributed by atoms with E-state index in [-0.39, 0.29) is 5.75 Å². The van der Waals surface area contributed by atoms with Crippen molar-refractivity contribution in [2.45, 2.75) is 18.9 Å². The first-order chi connectivity index (χ1) is 12.7. The van der Waals surface area contributed by atoms with Crippen LogP contribution in [0.25, 0.3) is 0 Å². The molecule has 1 heterocycles. The standard InChI is InChI=1S/C21H26N2O3/c1-25-18-10-8-16(9-11-18)19(23-12-3-4-13-23)15-22-14-17-6-5-7-20(26-2)21(17)24/h5-11,14,19,24H,3-4,12-13,15H2,1-2H3/p+1/t19-/m1/s1. The number of rotatable bonds is 7. The predicted octanol–water partition coefficient (Wildman–Crippen LogP) is 2.25. The lowest BCUT2D eigenvalue weighted by molar-refractivity contribution is -0.918. The van der Waals surface area contributed by atoms with Gasteiger partial charge in [0, 0.05) is 30.2 Å². The maximum absolute atomic E-state index is 10.2. The fraction of sp³-hybridized carbons (Fsp3) is 0.381. The molecule has 2 N–H and O–H groups in total. The maximum Gasteiger partial charge on any atom is 0.166 e. The summed E-state index contributed by atoms with van der Waals surface area (Å²) in [7, 11) is 3.23. The zero-order chi connectivity index (χ0) is 18.4. The molecule has 0 unspecified atom stereocenters. The summed E-state index contributed by atoms with van der Waals surface area (Å²) in [5.74, 6) is 1.47. The van der Waals surface area contributed by atoms with Crippen LogP contribution in [0.2, 0.25) is 0 Å². The van der Waals surface area contributed by atoms with Gasteiger partial charge in [-0.1, -0.05) is 6.07 Å². The van der Waals surface area contributed by atoms with Gasteiger partial charge in [0.1, 0.15) is 11.8 Å². The molecule has 2 aromatic rings. The number of aliphatic imine (C=N–C) groups is 1. The second kappa shape index (κ2) is 8.72. The zero-order valence-corrected chi connectivity index (χ0v) is 15.4. The van der Waals surface area contributed by atoms with Crippen molar-refractivity contribution in [3.05, 3.63) is 53.6 Å². The van der Waals surface area contributed by atoms with Crippen LogP contribution in [0.1, 0.15) is 30.0 Å². The van der Waals surface area contributed by atoms with Gasteiger partial charge in [-0.05, 0) is 36.4 Å². The first-order valence-electron chi connectivity index (χ1n) is 9.07. The number of aromatic hydroxyl groups is 1. The van der Waals surface area contributed by atoms with Crippen LogP contribution in [0.5, 0.6) is 17.2 Å². The number of nitrogens with zero attached hydrogens (tertiary/aromatic N) is 1. The molecule has 1 aliphatic rings. The first kappa shape index (κ1) is 18.3. The van der Waals surface area contributed by atoms with Crippen LogP contribution < -0.4 is 14.4 Å². The van der Waals surface area contributed by atoms with Crippen molar-refractivity contribution in [3.63, 3.8) is 0 Å². The molecule has 5 heteroatoms. The number of nitrogens with one attached hydrogen (secondary N) is 1. The van der Waals surface area contributed by atoms with Crippen LogP contribution in [0.4, 0.5) is 0 Å². The number of phenolic OH excluding ortho intramolecular Hbond substituents is 1. The van der Waals surface area contributed by atoms with E-state index in [2.05, 4.69) is 17.1 Å². The second-order valence-corrected chi connectivity index (χ2v) is 6.58. The Bertz CT molecular complexity index is 737. The Kier molecular flexibility index (Phi) is 6.12. The average Bonchev–Trinajstić information content (AvgIpc) is 3.21. The van der Waals surface area contributed by atoms with Gasteiger partial charge in [-0.15, -0.1) is 0 Å². The quantitative estimate of drug-likeness (QED) is 0.749. The van der Waals surface area contributed by atoms with E-state index in [1.54, 1.807) is 31.4 Å². The Morgan fingerprint density at radius 3 is 2.46 bits per heavy atom. The summed E-state index contributed by atoms with van der Waals surface area (Å²) in [5, 5.41) is 10.2. The van der Waals surface area contributed by atoms with Gasteiger partial charge < -0.3 is 19.5 Å². The Morgan fingerprint density at radius 2 is 1.81 bits per heavy atom. The SMILES string of the molecule is COc1ccc([C@@H](CN=Cc2cccc(OC)c2O)[NH+]2CCCC2)cc1. The van der Waals surface area contributed by atoms with Gasteiger partial charge in [0.15, 0.2) is 11.5 Å². The molecule has 0 aliphatic carbocycles. The third-order valence-corrected chi connectivity index (χ3v) is 5.03. The molecule has 0 saturated carbocycles. The van der Waals surface area contributed by atoms with Crippen molar-refractivity contribution in [3.8, 4) is 17.2 Å². The first-order valence-corrected chi connectivity index (χ1v) is 9.07. The van der Waals surface area contributed by atoms with E-state index in [1.165, 1.54) is 31.5 Å². The van der Waals surface area contributed by atoms with Gasteiger partial charge >= 0.3 is 0 Å². The number of hydrogen-bond donors (Lipinski definition) is 2. The van der Waals surface area contributed by atoms with Crippen LogP contribution in [-0.4, -0.2) is 45.2 Å². The van der Waals surface area contributed by atoms with E-state index in [1.807, 2.05) is 24.3 Å². The lowest BCUT2D eigenvalue weighted by Gasteiger charge is -2.23. The lowest BCUT2D eigenvalue weighted by atomic mass is 10.1. The van der Waals surface area contributed by atoms with Gasteiger partial charge in [0.05, 0.1) is 33.9 Å². The van der Waals surface area contributed by atoms with Gasteiger partial charge in [0.25, 0.3) is 0 Å². The van der Waals surface area contributed by atoms with Crippen LogP contribution >= 0.6 is 0 Å². The number of quaternary nitrogens is 1. The Labute approximate surface area is 154 Å². The van der Waals surface area contributed by atoms with Crippen LogP contribution in [0.3, 0.4) is 0 Å². The highest BCUT2D eigenvalue weighted by atomic mass is 16.5. The molecule has 3 rings (SSSR count). The van der Waals surface area contributed by atoms with Crippen molar-refractivity contribution < 1.29 is 19.5 Å². The van der Waals surface area contributed by atoms with Gasteiger partial charge in [-0.2, -0.15) is 0 Å². The molecule has 2 aromatic carbocycles. The molecule has 0 amide bonds. The van der Waals surface area contributed by atoms with Crippen LogP contribution in [0.15, 0.2) is 47.5 Å². The maximum atomic E-state index is 10.2. The number of likely N-dealkylation sites (tertiary alicyclic amines) is 1. The average molecular weight is 355 g/mol. The highest BCUT2D eigenvalue weighted by molar-refractivity contribution is 5.84. The summed E-state index contributed by atoms with van der Waals surface area (Å²) in [5.41, 5.74) is 1.95. The second-order valence-electron chi connectivity index (χ2n) is 6.58. The summed E-state index contributed by atoms with van der Waals surface area (Å²) in [6.07, 6.45) is 4.27. The summed E-state index contributed by atoms with van der Waals surface area (Å²) in [6.45, 7) is 3.03. The van der Waals surface area contributed by atoms with Gasteiger partial charge in [-0.3, -0.25) is 4.99 Å². The van der Waals surface area contributed by atoms with Crippen molar-refractivity contribution in [1.82, 2.24) is 0 Å². The number of phenols is 1. The molecule has 1 aliphatic heterocycles. The fourth-order valence-electron chi connectivity index (χ4n) is 3.55. The van der Waals surface area contributed by atoms with Crippen LogP contribution in [-0.2, 0) is 0 Å². The Morgan fingerprint density at radius 1 is 1.08 bits per heavy atom. The lowest BCUT2D eigenvalue weighted by Crippen LogP contribution is -3.10. The Balaban J connectivity index is 1.77. The molecule has 26 heavy (non-hydrogen) atoms. The van der Waals surface area contributed by atoms with Crippen molar-refractivity contribution in [1.29, 1.82) is 0 Å². The normalized spacial score (nSPS) is 16.1. The molecule has 1 fully saturated rings. The topological polar surface area (TPSA) is 55.5 Å². The Hall–Kier alpha value is -2.53. The summed E-state index contributed by atoms with van der Waals surface area (Å²) in [4.78, 5) is 6.22. The van der Waals surface area contributed by atoms with E-state index in [0.717, 1.165) is 5.75 Å². The van der Waals surface area contributed by atoms with E-state index in [4.69, 9.17) is 9.47 Å². The third kappa shape index (κ3) is 4.17. The number of hydrogen-bond acceptors (Lipinski definition) is 4. The van der Waals surface area contributed by atoms with Crippen molar-refractivity contribution in [2.24, 2.45) is 4.99 Å². The summed E-state index contributed by atoms with van der Waals surface area (Å²) < 4.78 is 10.4. The molecule has 0 aromatic heterocycles. The molecule has 0 spiro atoms. The highest BCUT2D eigenvalue weighted by Crippen LogP contribution is 2.28. The van der Waals surface area contributed by atoms with Crippen LogP contribution in [0, 0.1) is 0 Å². The molecular weight excluding hydrogens is 328 g/mol. The highest BCUT2D eigenvalue weighted by Gasteiger charge is 2.27. The molecular formula is C21H27N2O3+. The minimum absolute atomic E-state index is 0.133. The van der Waals surface area contributed by atoms with E-state index in [9.17, 15) is 5.11 Å². The van der Waals surface area contributed by atoms with E-state index in [0.29, 0.717) is 23.9 Å². The minimum Gasteiger partial charge on any atom is -0.504 e. The van der Waals surface area contributed by atoms with Crippen molar-refractivity contribution >= 4 is 6.21 Å². The summed E-state index contributed by atoms with van der Waals surface area (Å²) >= 11 is 0. The number of benzene rings is 2. The smallest absolute Gasteiger partial charge is 0.166 e. The van der Waals surface area contributed by atoms with Gasteiger partial charge in [0.2, 0.25) is 0 Å². The number of methoxy groups -OCH3 is 2. The third-order valence-electron chi connectivity index (χ3n) is 5.03. The molecule has 0 radical (unpaired) electrons. The molecule has 5 nitrogen and oxygen atoms in total. The predicted molar refractivity (Wildman–Crippen MR) is 103 cm³/mol. The molecule has 1 saturated heterocycles. The largest absolute Gasteiger partial charge is 0.504 e. The fourth-order valence-corrected chi connectivity index (χ4v) is 3.55. The molecule has 0 bridgehead atoms. The van der Waals surface area contributed by atoms with Gasteiger partial charge in [-0.25, -0.2) is 0 Å². The van der Waals surface area contributed by atoms with E-state index < -0.39 is 0 Å². The molecule has 138 valence electrons. The zero-order valence-electron chi connectivity index (χ0n) is 15.4. The molecule has 1 atom stereocenters. The monoisotopic (exact) mass is 355 g/mol. The minimum atomic E-state index is 0.133. The number of ether oxygens (including phenoxy) is 2. The van der Waals surface area contributed by atoms with E-state index >= 15 is 0 Å². The van der Waals surface area contributed by atoms with Crippen molar-refractivity contribution in [2.75, 3.05) is 33.9 Å². The number of para-hydroxylation sites is 1.